The molecule has 0 bridgehead atoms. The Morgan fingerprint density at radius 2 is 1.97 bits per heavy atom. The lowest BCUT2D eigenvalue weighted by atomic mass is 9.69. The molecule has 0 aromatic heterocycles. The van der Waals surface area contributed by atoms with Crippen molar-refractivity contribution in [2.45, 2.75) is 55.8 Å². The zero-order chi connectivity index (χ0) is 23.8. The summed E-state index contributed by atoms with van der Waals surface area (Å²) in [5.74, 6) is -1.37. The second-order valence-corrected chi connectivity index (χ2v) is 12.1. The molecule has 1 aliphatic carbocycles. The molecular formula is C23H26BrClFNO4S. The molecule has 32 heavy (non-hydrogen) atoms. The summed E-state index contributed by atoms with van der Waals surface area (Å²) in [7, 11) is -3.84. The Kier molecular flexibility index (Phi) is 7.39. The van der Waals surface area contributed by atoms with Crippen molar-refractivity contribution in [1.29, 1.82) is 0 Å². The SMILES string of the molecule is CCC1C[C@@H](S(=O)(=O)c2cc(C(=O)Nc3ccc(F)c(Br)c3)ccc2Cl)C[C@H](C)[C@]1(C)O. The third-order valence-corrected chi connectivity index (χ3v) is 9.86. The van der Waals surface area contributed by atoms with Crippen molar-refractivity contribution < 1.29 is 22.7 Å². The molecule has 174 valence electrons. The molecule has 0 saturated heterocycles. The van der Waals surface area contributed by atoms with E-state index in [0.717, 1.165) is 0 Å². The van der Waals surface area contributed by atoms with Gasteiger partial charge in [-0.1, -0.05) is 31.9 Å². The largest absolute Gasteiger partial charge is 0.390 e. The number of aliphatic hydroxyl groups is 1. The predicted molar refractivity (Wildman–Crippen MR) is 127 cm³/mol. The molecule has 3 rings (SSSR count). The first-order valence-corrected chi connectivity index (χ1v) is 13.1. The lowest BCUT2D eigenvalue weighted by Crippen LogP contribution is -2.49. The molecule has 0 spiro atoms. The summed E-state index contributed by atoms with van der Waals surface area (Å²) in [5, 5.41) is 12.8. The molecule has 2 aromatic carbocycles. The first kappa shape index (κ1) is 25.1. The van der Waals surface area contributed by atoms with Crippen LogP contribution in [0.2, 0.25) is 5.02 Å². The second-order valence-electron chi connectivity index (χ2n) is 8.60. The summed E-state index contributed by atoms with van der Waals surface area (Å²) in [6.07, 6.45) is 1.29. The summed E-state index contributed by atoms with van der Waals surface area (Å²) in [5.41, 5.74) is -0.455. The van der Waals surface area contributed by atoms with E-state index in [1.165, 1.54) is 36.4 Å². The van der Waals surface area contributed by atoms with Gasteiger partial charge in [-0.2, -0.15) is 0 Å². The van der Waals surface area contributed by atoms with Crippen LogP contribution in [0, 0.1) is 17.7 Å². The van der Waals surface area contributed by atoms with E-state index in [1.54, 1.807) is 6.92 Å². The molecule has 2 N–H and O–H groups in total. The van der Waals surface area contributed by atoms with Gasteiger partial charge in [-0.3, -0.25) is 4.79 Å². The fourth-order valence-electron chi connectivity index (χ4n) is 4.34. The minimum absolute atomic E-state index is 0.0455. The standard InChI is InChI=1S/C23H26BrClFNO4S/c1-4-15-11-17(9-13(2)23(15,3)29)32(30,31)21-10-14(5-7-19(21)25)22(28)27-16-6-8-20(26)18(24)12-16/h5-8,10,12-13,15,17,29H,4,9,11H2,1-3H3,(H,27,28)/t13-,15?,17-,23-/m0/s1. The number of halogens is 3. The number of nitrogens with one attached hydrogen (secondary N) is 1. The first-order valence-electron chi connectivity index (χ1n) is 10.4. The number of anilines is 1. The lowest BCUT2D eigenvalue weighted by Gasteiger charge is -2.45. The normalized spacial score (nSPS) is 26.0. The summed E-state index contributed by atoms with van der Waals surface area (Å²) in [6.45, 7) is 5.56. The van der Waals surface area contributed by atoms with Crippen LogP contribution in [-0.2, 0) is 9.84 Å². The molecule has 1 fully saturated rings. The van der Waals surface area contributed by atoms with E-state index in [0.29, 0.717) is 24.9 Å². The third kappa shape index (κ3) is 4.88. The van der Waals surface area contributed by atoms with Crippen LogP contribution >= 0.6 is 27.5 Å². The molecule has 1 amide bonds. The van der Waals surface area contributed by atoms with Gasteiger partial charge in [0.1, 0.15) is 5.82 Å². The molecule has 0 aliphatic heterocycles. The number of hydrogen-bond donors (Lipinski definition) is 2. The van der Waals surface area contributed by atoms with Gasteiger partial charge in [0.05, 0.1) is 25.2 Å². The summed E-state index contributed by atoms with van der Waals surface area (Å²) >= 11 is 9.32. The van der Waals surface area contributed by atoms with Gasteiger partial charge in [0.15, 0.2) is 9.84 Å². The quantitative estimate of drug-likeness (QED) is 0.493. The van der Waals surface area contributed by atoms with Crippen LogP contribution in [0.4, 0.5) is 10.1 Å². The van der Waals surface area contributed by atoms with Crippen LogP contribution in [0.25, 0.3) is 0 Å². The fourth-order valence-corrected chi connectivity index (χ4v) is 7.18. The summed E-state index contributed by atoms with van der Waals surface area (Å²) in [4.78, 5) is 12.6. The Bertz CT molecular complexity index is 1140. The Hall–Kier alpha value is -1.48. The maximum atomic E-state index is 13.5. The molecule has 0 heterocycles. The highest BCUT2D eigenvalue weighted by molar-refractivity contribution is 9.10. The highest BCUT2D eigenvalue weighted by atomic mass is 79.9. The highest BCUT2D eigenvalue weighted by Gasteiger charge is 2.47. The van der Waals surface area contributed by atoms with E-state index in [1.807, 2.05) is 13.8 Å². The van der Waals surface area contributed by atoms with Crippen LogP contribution in [-0.4, -0.2) is 30.3 Å². The van der Waals surface area contributed by atoms with E-state index in [-0.39, 0.29) is 31.8 Å². The van der Waals surface area contributed by atoms with Gasteiger partial charge < -0.3 is 10.4 Å². The molecule has 4 atom stereocenters. The lowest BCUT2D eigenvalue weighted by molar-refractivity contribution is -0.0729. The molecule has 5 nitrogen and oxygen atoms in total. The molecule has 0 radical (unpaired) electrons. The van der Waals surface area contributed by atoms with Crippen molar-refractivity contribution in [2.75, 3.05) is 5.32 Å². The van der Waals surface area contributed by atoms with Crippen molar-refractivity contribution in [2.24, 2.45) is 11.8 Å². The number of carbonyl (C=O) groups is 1. The Labute approximate surface area is 201 Å². The van der Waals surface area contributed by atoms with Gasteiger partial charge in [0, 0.05) is 11.3 Å². The number of sulfone groups is 1. The number of carbonyl (C=O) groups excluding carboxylic acids is 1. The van der Waals surface area contributed by atoms with Crippen LogP contribution in [0.1, 0.15) is 50.4 Å². The zero-order valence-corrected chi connectivity index (χ0v) is 21.2. The topological polar surface area (TPSA) is 83.5 Å². The zero-order valence-electron chi connectivity index (χ0n) is 18.0. The van der Waals surface area contributed by atoms with Crippen molar-refractivity contribution in [3.05, 3.63) is 57.3 Å². The van der Waals surface area contributed by atoms with E-state index < -0.39 is 32.4 Å². The molecule has 9 heteroatoms. The maximum Gasteiger partial charge on any atom is 0.255 e. The first-order chi connectivity index (χ1) is 14.9. The molecule has 1 saturated carbocycles. The monoisotopic (exact) mass is 545 g/mol. The van der Waals surface area contributed by atoms with E-state index >= 15 is 0 Å². The Morgan fingerprint density at radius 3 is 2.59 bits per heavy atom. The fraction of sp³-hybridized carbons (Fsp3) is 0.435. The van der Waals surface area contributed by atoms with Crippen molar-refractivity contribution in [3.63, 3.8) is 0 Å². The van der Waals surface area contributed by atoms with Crippen LogP contribution in [0.5, 0.6) is 0 Å². The van der Waals surface area contributed by atoms with Crippen LogP contribution < -0.4 is 5.32 Å². The van der Waals surface area contributed by atoms with Gasteiger partial charge in [-0.15, -0.1) is 0 Å². The van der Waals surface area contributed by atoms with Gasteiger partial charge in [-0.05, 0) is 83.9 Å². The van der Waals surface area contributed by atoms with E-state index in [4.69, 9.17) is 11.6 Å². The maximum absolute atomic E-state index is 13.5. The van der Waals surface area contributed by atoms with Gasteiger partial charge in [-0.25, -0.2) is 12.8 Å². The molecule has 2 aromatic rings. The average Bonchev–Trinajstić information content (AvgIpc) is 2.72. The third-order valence-electron chi connectivity index (χ3n) is 6.60. The number of rotatable bonds is 5. The summed E-state index contributed by atoms with van der Waals surface area (Å²) in [6, 6.07) is 8.15. The minimum atomic E-state index is -3.84. The van der Waals surface area contributed by atoms with Gasteiger partial charge in [0.2, 0.25) is 0 Å². The van der Waals surface area contributed by atoms with Gasteiger partial charge >= 0.3 is 0 Å². The van der Waals surface area contributed by atoms with Crippen LogP contribution in [0.15, 0.2) is 45.8 Å². The Balaban J connectivity index is 1.90. The number of benzene rings is 2. The predicted octanol–water partition coefficient (Wildman–Crippen LogP) is 5.84. The van der Waals surface area contributed by atoms with Crippen LogP contribution in [0.3, 0.4) is 0 Å². The van der Waals surface area contributed by atoms with Crippen molar-refractivity contribution >= 4 is 49.0 Å². The van der Waals surface area contributed by atoms with Gasteiger partial charge in [0.25, 0.3) is 5.91 Å². The number of hydrogen-bond acceptors (Lipinski definition) is 4. The minimum Gasteiger partial charge on any atom is -0.390 e. The number of amides is 1. The molecule has 1 unspecified atom stereocenters. The molecule has 1 aliphatic rings. The van der Waals surface area contributed by atoms with E-state index in [9.17, 15) is 22.7 Å². The Morgan fingerprint density at radius 1 is 1.28 bits per heavy atom. The smallest absolute Gasteiger partial charge is 0.255 e. The molecular weight excluding hydrogens is 521 g/mol. The average molecular weight is 547 g/mol. The van der Waals surface area contributed by atoms with Crippen molar-refractivity contribution in [3.8, 4) is 0 Å². The van der Waals surface area contributed by atoms with Crippen molar-refractivity contribution in [1.82, 2.24) is 0 Å². The second kappa shape index (κ2) is 9.41. The van der Waals surface area contributed by atoms with E-state index in [2.05, 4.69) is 21.2 Å². The highest BCUT2D eigenvalue weighted by Crippen LogP contribution is 2.44. The summed E-state index contributed by atoms with van der Waals surface area (Å²) < 4.78 is 40.6.